The first-order valence-electron chi connectivity index (χ1n) is 6.75. The van der Waals surface area contributed by atoms with Crippen LogP contribution < -0.4 is 0 Å². The lowest BCUT2D eigenvalue weighted by Crippen LogP contribution is -2.48. The van der Waals surface area contributed by atoms with Gasteiger partial charge in [0.15, 0.2) is 6.04 Å². The molecule has 2 fully saturated rings. The van der Waals surface area contributed by atoms with Crippen molar-refractivity contribution in [2.45, 2.75) is 58.8 Å². The van der Waals surface area contributed by atoms with E-state index in [0.717, 1.165) is 18.6 Å². The van der Waals surface area contributed by atoms with E-state index in [1.165, 1.54) is 0 Å². The minimum absolute atomic E-state index is 0.00414. The maximum absolute atomic E-state index is 11.9. The standard InChI is InChI=1S/C14H21NO3/c1-7(16)9-12(17)18-11-10(15-9)8-5-6-14(11,4)13(8,2)3/h7-9,11,16H,5-6H2,1-4H3/t7-,8-,9-,11-,14+/m1/s1. The molecule has 0 amide bonds. The molecule has 100 valence electrons. The number of aliphatic hydroxyl groups is 1. The third kappa shape index (κ3) is 1.20. The van der Waals surface area contributed by atoms with E-state index in [-0.39, 0.29) is 22.9 Å². The third-order valence-electron chi connectivity index (χ3n) is 5.72. The van der Waals surface area contributed by atoms with Gasteiger partial charge in [-0.05, 0) is 25.2 Å². The van der Waals surface area contributed by atoms with Crippen LogP contribution in [0.1, 0.15) is 40.5 Å². The lowest BCUT2D eigenvalue weighted by atomic mass is 9.70. The predicted molar refractivity (Wildman–Crippen MR) is 67.4 cm³/mol. The van der Waals surface area contributed by atoms with E-state index >= 15 is 0 Å². The first-order valence-corrected chi connectivity index (χ1v) is 6.75. The summed E-state index contributed by atoms with van der Waals surface area (Å²) < 4.78 is 5.63. The number of aliphatic hydroxyl groups excluding tert-OH is 1. The highest BCUT2D eigenvalue weighted by molar-refractivity contribution is 6.01. The number of esters is 1. The Morgan fingerprint density at radius 1 is 1.44 bits per heavy atom. The van der Waals surface area contributed by atoms with E-state index in [4.69, 9.17) is 4.74 Å². The van der Waals surface area contributed by atoms with Gasteiger partial charge in [-0.1, -0.05) is 20.8 Å². The minimum Gasteiger partial charge on any atom is -0.454 e. The van der Waals surface area contributed by atoms with Crippen LogP contribution in [0.15, 0.2) is 4.99 Å². The molecule has 2 bridgehead atoms. The molecule has 2 aliphatic carbocycles. The summed E-state index contributed by atoms with van der Waals surface area (Å²) in [7, 11) is 0. The van der Waals surface area contributed by atoms with Gasteiger partial charge in [0.05, 0.1) is 11.8 Å². The molecule has 4 heteroatoms. The molecule has 0 radical (unpaired) electrons. The summed E-state index contributed by atoms with van der Waals surface area (Å²) in [4.78, 5) is 16.5. The van der Waals surface area contributed by atoms with Crippen molar-refractivity contribution in [3.63, 3.8) is 0 Å². The van der Waals surface area contributed by atoms with Crippen molar-refractivity contribution in [3.8, 4) is 0 Å². The Balaban J connectivity index is 2.07. The van der Waals surface area contributed by atoms with Crippen molar-refractivity contribution in [3.05, 3.63) is 0 Å². The van der Waals surface area contributed by atoms with Crippen LogP contribution in [0.3, 0.4) is 0 Å². The lowest BCUT2D eigenvalue weighted by molar-refractivity contribution is -0.158. The molecule has 18 heavy (non-hydrogen) atoms. The molecule has 2 saturated carbocycles. The van der Waals surface area contributed by atoms with Gasteiger partial charge in [0.25, 0.3) is 0 Å². The van der Waals surface area contributed by atoms with E-state index in [9.17, 15) is 9.90 Å². The topological polar surface area (TPSA) is 58.9 Å². The molecular weight excluding hydrogens is 230 g/mol. The molecular formula is C14H21NO3. The quantitative estimate of drug-likeness (QED) is 0.719. The number of fused-ring (bicyclic) bond motifs is 5. The molecule has 0 aromatic carbocycles. The van der Waals surface area contributed by atoms with Crippen LogP contribution in [-0.4, -0.2) is 35.0 Å². The molecule has 4 nitrogen and oxygen atoms in total. The highest BCUT2D eigenvalue weighted by Crippen LogP contribution is 2.65. The monoisotopic (exact) mass is 251 g/mol. The van der Waals surface area contributed by atoms with Crippen LogP contribution in [0, 0.1) is 16.7 Å². The van der Waals surface area contributed by atoms with Crippen molar-refractivity contribution in [2.75, 3.05) is 0 Å². The average Bonchev–Trinajstić information content (AvgIpc) is 2.59. The Labute approximate surface area is 107 Å². The summed E-state index contributed by atoms with van der Waals surface area (Å²) in [5, 5.41) is 9.62. The second kappa shape index (κ2) is 3.35. The fourth-order valence-corrected chi connectivity index (χ4v) is 4.07. The van der Waals surface area contributed by atoms with E-state index < -0.39 is 12.1 Å². The number of carbonyl (C=O) groups is 1. The maximum atomic E-state index is 11.9. The SMILES string of the molecule is C[C@@H](O)[C@H]1N=C2[C@H]3CC[C@@](C)([C@@H]2OC1=O)C3(C)C. The lowest BCUT2D eigenvalue weighted by Gasteiger charge is -2.39. The summed E-state index contributed by atoms with van der Waals surface area (Å²) in [6, 6.07) is -0.727. The van der Waals surface area contributed by atoms with E-state index in [1.54, 1.807) is 6.92 Å². The zero-order chi connectivity index (χ0) is 13.3. The van der Waals surface area contributed by atoms with Crippen LogP contribution in [0.5, 0.6) is 0 Å². The Kier molecular flexibility index (Phi) is 2.26. The van der Waals surface area contributed by atoms with Crippen molar-refractivity contribution in [1.82, 2.24) is 0 Å². The highest BCUT2D eigenvalue weighted by atomic mass is 16.6. The van der Waals surface area contributed by atoms with Crippen molar-refractivity contribution >= 4 is 11.7 Å². The molecule has 1 heterocycles. The molecule has 1 N–H and O–H groups in total. The largest absolute Gasteiger partial charge is 0.454 e. The van der Waals surface area contributed by atoms with Gasteiger partial charge in [0.1, 0.15) is 6.10 Å². The van der Waals surface area contributed by atoms with E-state index in [2.05, 4.69) is 25.8 Å². The normalized spacial score (nSPS) is 46.4. The Morgan fingerprint density at radius 3 is 2.72 bits per heavy atom. The highest BCUT2D eigenvalue weighted by Gasteiger charge is 2.67. The Bertz CT molecular complexity index is 440. The number of carbonyl (C=O) groups excluding carboxylic acids is 1. The molecule has 0 aromatic heterocycles. The Hall–Kier alpha value is -0.900. The van der Waals surface area contributed by atoms with Crippen LogP contribution >= 0.6 is 0 Å². The molecule has 3 aliphatic rings. The second-order valence-corrected chi connectivity index (χ2v) is 6.79. The van der Waals surface area contributed by atoms with Crippen molar-refractivity contribution < 1.29 is 14.6 Å². The summed E-state index contributed by atoms with van der Waals surface area (Å²) in [6.07, 6.45) is 1.25. The van der Waals surface area contributed by atoms with Gasteiger partial charge in [-0.3, -0.25) is 4.99 Å². The molecule has 0 aromatic rings. The van der Waals surface area contributed by atoms with Crippen LogP contribution in [0.2, 0.25) is 0 Å². The summed E-state index contributed by atoms with van der Waals surface area (Å²) >= 11 is 0. The summed E-state index contributed by atoms with van der Waals surface area (Å²) in [5.74, 6) is 0.0187. The van der Waals surface area contributed by atoms with Crippen LogP contribution in [0.25, 0.3) is 0 Å². The maximum Gasteiger partial charge on any atom is 0.334 e. The average molecular weight is 251 g/mol. The van der Waals surface area contributed by atoms with E-state index in [1.807, 2.05) is 0 Å². The molecule has 5 atom stereocenters. The van der Waals surface area contributed by atoms with Crippen LogP contribution in [0.4, 0.5) is 0 Å². The zero-order valence-electron chi connectivity index (χ0n) is 11.4. The fraction of sp³-hybridized carbons (Fsp3) is 0.857. The van der Waals surface area contributed by atoms with E-state index in [0.29, 0.717) is 5.92 Å². The van der Waals surface area contributed by atoms with Crippen LogP contribution in [-0.2, 0) is 9.53 Å². The van der Waals surface area contributed by atoms with Gasteiger partial charge in [0.2, 0.25) is 0 Å². The summed E-state index contributed by atoms with van der Waals surface area (Å²) in [5.41, 5.74) is 1.12. The molecule has 0 unspecified atom stereocenters. The molecule has 0 saturated heterocycles. The van der Waals surface area contributed by atoms with Crippen molar-refractivity contribution in [1.29, 1.82) is 0 Å². The Morgan fingerprint density at radius 2 is 2.11 bits per heavy atom. The number of hydrogen-bond donors (Lipinski definition) is 1. The van der Waals surface area contributed by atoms with Gasteiger partial charge < -0.3 is 9.84 Å². The minimum atomic E-state index is -0.777. The first-order chi connectivity index (χ1) is 8.29. The number of nitrogens with zero attached hydrogens (tertiary/aromatic N) is 1. The van der Waals surface area contributed by atoms with Crippen molar-refractivity contribution in [2.24, 2.45) is 21.7 Å². The second-order valence-electron chi connectivity index (χ2n) is 6.79. The number of hydrogen-bond acceptors (Lipinski definition) is 4. The van der Waals surface area contributed by atoms with Gasteiger partial charge >= 0.3 is 5.97 Å². The molecule has 3 rings (SSSR count). The third-order valence-corrected chi connectivity index (χ3v) is 5.72. The van der Waals surface area contributed by atoms with Gasteiger partial charge in [-0.2, -0.15) is 0 Å². The molecule has 1 aliphatic heterocycles. The summed E-state index contributed by atoms with van der Waals surface area (Å²) in [6.45, 7) is 8.29. The number of rotatable bonds is 1. The predicted octanol–water partition coefficient (Wildman–Crippen LogP) is 1.56. The molecule has 0 spiro atoms. The smallest absolute Gasteiger partial charge is 0.334 e. The number of ether oxygens (including phenoxy) is 1. The van der Waals surface area contributed by atoms with Gasteiger partial charge in [0, 0.05) is 11.3 Å². The fourth-order valence-electron chi connectivity index (χ4n) is 4.07. The van der Waals surface area contributed by atoms with Gasteiger partial charge in [-0.15, -0.1) is 0 Å². The first kappa shape index (κ1) is 12.2. The number of aliphatic imine (C=N–C) groups is 1. The zero-order valence-corrected chi connectivity index (χ0v) is 11.4. The van der Waals surface area contributed by atoms with Gasteiger partial charge in [-0.25, -0.2) is 4.79 Å².